The van der Waals surface area contributed by atoms with Crippen LogP contribution in [-0.4, -0.2) is 11.6 Å². The number of carbonyl (C=O) groups excluding carboxylic acids is 2. The molecule has 0 saturated heterocycles. The fraction of sp³-hybridized carbons (Fsp3) is 0.833. The smallest absolute Gasteiger partial charge is 0.141 e. The number of ketones is 2. The van der Waals surface area contributed by atoms with Crippen LogP contribution in [0.2, 0.25) is 0 Å². The van der Waals surface area contributed by atoms with Crippen LogP contribution in [0.15, 0.2) is 0 Å². The molecule has 0 aromatic rings. The van der Waals surface area contributed by atoms with Gasteiger partial charge in [0.2, 0.25) is 0 Å². The maximum absolute atomic E-state index is 12.0. The van der Waals surface area contributed by atoms with Crippen LogP contribution in [-0.2, 0) is 9.59 Å². The Hall–Kier alpha value is -0.660. The zero-order valence-electron chi connectivity index (χ0n) is 10.0. The third kappa shape index (κ3) is 3.60. The van der Waals surface area contributed by atoms with Crippen LogP contribution in [0.4, 0.5) is 0 Å². The molecule has 0 amide bonds. The van der Waals surface area contributed by atoms with Gasteiger partial charge >= 0.3 is 0 Å². The Kier molecular flexibility index (Phi) is 5.03. The molecule has 0 radical (unpaired) electrons. The average Bonchev–Trinajstić information content (AvgIpc) is 2.12. The monoisotopic (exact) mass is 198 g/mol. The molecule has 0 bridgehead atoms. The maximum atomic E-state index is 12.0. The number of hydrogen-bond donors (Lipinski definition) is 0. The van der Waals surface area contributed by atoms with Gasteiger partial charge in [-0.25, -0.2) is 0 Å². The summed E-state index contributed by atoms with van der Waals surface area (Å²) in [6, 6.07) is 0. The molecule has 0 aromatic heterocycles. The highest BCUT2D eigenvalue weighted by molar-refractivity contribution is 5.90. The van der Waals surface area contributed by atoms with Crippen LogP contribution < -0.4 is 0 Å². The van der Waals surface area contributed by atoms with E-state index in [4.69, 9.17) is 0 Å². The number of Topliss-reactive ketones (excluding diaryl/α,β-unsaturated/α-hetero) is 2. The molecule has 0 aromatic carbocycles. The fourth-order valence-electron chi connectivity index (χ4n) is 1.50. The molecule has 1 unspecified atom stereocenters. The van der Waals surface area contributed by atoms with Crippen molar-refractivity contribution >= 4 is 11.6 Å². The van der Waals surface area contributed by atoms with Crippen molar-refractivity contribution in [2.75, 3.05) is 0 Å². The first-order valence-corrected chi connectivity index (χ1v) is 5.38. The lowest BCUT2D eigenvalue weighted by Crippen LogP contribution is -2.31. The largest absolute Gasteiger partial charge is 0.300 e. The Morgan fingerprint density at radius 3 is 2.00 bits per heavy atom. The molecule has 0 aliphatic heterocycles. The first-order valence-electron chi connectivity index (χ1n) is 5.38. The number of rotatable bonds is 6. The van der Waals surface area contributed by atoms with Gasteiger partial charge in [-0.1, -0.05) is 27.7 Å². The molecule has 82 valence electrons. The van der Waals surface area contributed by atoms with Crippen LogP contribution in [0.1, 0.15) is 53.9 Å². The third-order valence-electron chi connectivity index (χ3n) is 2.95. The Labute approximate surface area is 87.1 Å². The van der Waals surface area contributed by atoms with E-state index in [1.54, 1.807) is 6.92 Å². The second-order valence-corrected chi connectivity index (χ2v) is 4.61. The van der Waals surface area contributed by atoms with Gasteiger partial charge in [0.25, 0.3) is 0 Å². The highest BCUT2D eigenvalue weighted by Crippen LogP contribution is 2.28. The van der Waals surface area contributed by atoms with E-state index in [9.17, 15) is 9.59 Å². The summed E-state index contributed by atoms with van der Waals surface area (Å²) >= 11 is 0. The van der Waals surface area contributed by atoms with Gasteiger partial charge < -0.3 is 4.79 Å². The highest BCUT2D eigenvalue weighted by atomic mass is 16.1. The van der Waals surface area contributed by atoms with Crippen molar-refractivity contribution < 1.29 is 9.59 Å². The molecular formula is C12H22O2. The lowest BCUT2D eigenvalue weighted by Gasteiger charge is -2.25. The Bertz CT molecular complexity index is 216. The van der Waals surface area contributed by atoms with E-state index >= 15 is 0 Å². The van der Waals surface area contributed by atoms with Crippen LogP contribution >= 0.6 is 0 Å². The van der Waals surface area contributed by atoms with E-state index < -0.39 is 0 Å². The molecule has 2 heteroatoms. The summed E-state index contributed by atoms with van der Waals surface area (Å²) in [7, 11) is 0. The minimum atomic E-state index is -0.282. The molecule has 1 atom stereocenters. The molecule has 0 N–H and O–H groups in total. The molecule has 0 aliphatic carbocycles. The van der Waals surface area contributed by atoms with Crippen molar-refractivity contribution in [3.63, 3.8) is 0 Å². The number of carbonyl (C=O) groups is 2. The predicted octanol–water partition coefficient (Wildman–Crippen LogP) is 3.00. The summed E-state index contributed by atoms with van der Waals surface area (Å²) in [6.45, 7) is 9.45. The van der Waals surface area contributed by atoms with Crippen LogP contribution in [0.25, 0.3) is 0 Å². The molecule has 2 nitrogen and oxygen atoms in total. The topological polar surface area (TPSA) is 34.1 Å². The third-order valence-corrected chi connectivity index (χ3v) is 2.95. The second-order valence-electron chi connectivity index (χ2n) is 4.61. The first kappa shape index (κ1) is 13.3. The summed E-state index contributed by atoms with van der Waals surface area (Å²) in [5.41, 5.74) is -0.282. The lowest BCUT2D eigenvalue weighted by molar-refractivity contribution is -0.134. The molecule has 0 rings (SSSR count). The van der Waals surface area contributed by atoms with Crippen LogP contribution in [0, 0.1) is 11.3 Å². The second kappa shape index (κ2) is 5.28. The average molecular weight is 198 g/mol. The van der Waals surface area contributed by atoms with Gasteiger partial charge in [0.1, 0.15) is 11.6 Å². The zero-order valence-corrected chi connectivity index (χ0v) is 10.0. The molecule has 0 heterocycles. The van der Waals surface area contributed by atoms with Gasteiger partial charge in [0.15, 0.2) is 0 Å². The Morgan fingerprint density at radius 1 is 1.21 bits per heavy atom. The summed E-state index contributed by atoms with van der Waals surface area (Å²) in [5.74, 6) is 0.261. The molecule has 0 saturated carbocycles. The van der Waals surface area contributed by atoms with Crippen molar-refractivity contribution in [2.45, 2.75) is 53.9 Å². The van der Waals surface area contributed by atoms with Crippen molar-refractivity contribution in [3.05, 3.63) is 0 Å². The van der Waals surface area contributed by atoms with E-state index in [2.05, 4.69) is 0 Å². The van der Waals surface area contributed by atoms with Gasteiger partial charge in [-0.2, -0.15) is 0 Å². The molecule has 14 heavy (non-hydrogen) atoms. The van der Waals surface area contributed by atoms with Gasteiger partial charge in [0.05, 0.1) is 0 Å². The zero-order chi connectivity index (χ0) is 11.4. The molecular weight excluding hydrogens is 176 g/mol. The minimum absolute atomic E-state index is 0.0811. The van der Waals surface area contributed by atoms with Crippen LogP contribution in [0.5, 0.6) is 0 Å². The molecule has 0 fully saturated rings. The molecule has 0 spiro atoms. The van der Waals surface area contributed by atoms with E-state index in [1.807, 2.05) is 27.7 Å². The SMILES string of the molecule is CCC(CC(C)=O)C(=O)C(C)(C)CC. The van der Waals surface area contributed by atoms with Crippen molar-refractivity contribution in [3.8, 4) is 0 Å². The molecule has 0 aliphatic rings. The van der Waals surface area contributed by atoms with Gasteiger partial charge in [-0.05, 0) is 19.8 Å². The summed E-state index contributed by atoms with van der Waals surface area (Å²) in [6.07, 6.45) is 2.00. The minimum Gasteiger partial charge on any atom is -0.300 e. The van der Waals surface area contributed by atoms with E-state index in [0.717, 1.165) is 12.8 Å². The normalized spacial score (nSPS) is 13.8. The van der Waals surface area contributed by atoms with Crippen molar-refractivity contribution in [1.29, 1.82) is 0 Å². The van der Waals surface area contributed by atoms with Gasteiger partial charge in [-0.3, -0.25) is 4.79 Å². The Morgan fingerprint density at radius 2 is 1.71 bits per heavy atom. The van der Waals surface area contributed by atoms with Gasteiger partial charge in [-0.15, -0.1) is 0 Å². The van der Waals surface area contributed by atoms with Gasteiger partial charge in [0, 0.05) is 17.8 Å². The summed E-state index contributed by atoms with van der Waals surface area (Å²) in [4.78, 5) is 23.0. The summed E-state index contributed by atoms with van der Waals surface area (Å²) in [5, 5.41) is 0. The van der Waals surface area contributed by atoms with E-state index in [1.165, 1.54) is 0 Å². The maximum Gasteiger partial charge on any atom is 0.141 e. The van der Waals surface area contributed by atoms with E-state index in [-0.39, 0.29) is 22.9 Å². The van der Waals surface area contributed by atoms with Crippen LogP contribution in [0.3, 0.4) is 0 Å². The van der Waals surface area contributed by atoms with Crippen molar-refractivity contribution in [2.24, 2.45) is 11.3 Å². The van der Waals surface area contributed by atoms with Crippen molar-refractivity contribution in [1.82, 2.24) is 0 Å². The fourth-order valence-corrected chi connectivity index (χ4v) is 1.50. The highest BCUT2D eigenvalue weighted by Gasteiger charge is 2.31. The predicted molar refractivity (Wildman–Crippen MR) is 58.2 cm³/mol. The Balaban J connectivity index is 4.54. The quantitative estimate of drug-likeness (QED) is 0.657. The first-order chi connectivity index (χ1) is 6.35. The van der Waals surface area contributed by atoms with E-state index in [0.29, 0.717) is 6.42 Å². The number of hydrogen-bond acceptors (Lipinski definition) is 2. The summed E-state index contributed by atoms with van der Waals surface area (Å²) < 4.78 is 0. The lowest BCUT2D eigenvalue weighted by atomic mass is 9.77. The standard InChI is InChI=1S/C12H22O2/c1-6-10(8-9(3)13)11(14)12(4,5)7-2/h10H,6-8H2,1-5H3.